The van der Waals surface area contributed by atoms with E-state index in [2.05, 4.69) is 16.8 Å². The number of aromatic nitrogens is 1. The molecule has 13 heteroatoms. The molecule has 0 bridgehead atoms. The number of carboxylic acid groups (broad SMARTS) is 1. The van der Waals surface area contributed by atoms with Gasteiger partial charge < -0.3 is 21.1 Å². The van der Waals surface area contributed by atoms with Crippen molar-refractivity contribution in [3.05, 3.63) is 48.2 Å². The molecule has 0 saturated carbocycles. The van der Waals surface area contributed by atoms with Crippen molar-refractivity contribution >= 4 is 27.6 Å². The number of halogens is 3. The molecule has 2 heterocycles. The first-order valence-corrected chi connectivity index (χ1v) is 11.9. The van der Waals surface area contributed by atoms with Gasteiger partial charge in [-0.15, -0.1) is 5.92 Å². The van der Waals surface area contributed by atoms with Crippen LogP contribution in [0.3, 0.4) is 0 Å². The van der Waals surface area contributed by atoms with E-state index in [0.717, 1.165) is 0 Å². The second-order valence-corrected chi connectivity index (χ2v) is 9.70. The number of benzene rings is 1. The molecule has 2 unspecified atom stereocenters. The summed E-state index contributed by atoms with van der Waals surface area (Å²) >= 11 is 0. The van der Waals surface area contributed by atoms with Gasteiger partial charge >= 0.3 is 12.3 Å². The third kappa shape index (κ3) is 6.14. The van der Waals surface area contributed by atoms with Gasteiger partial charge in [0.25, 0.3) is 0 Å². The maximum absolute atomic E-state index is 13.5. The number of pyridine rings is 1. The van der Waals surface area contributed by atoms with Gasteiger partial charge in [-0.25, -0.2) is 18.2 Å². The highest BCUT2D eigenvalue weighted by Crippen LogP contribution is 2.35. The van der Waals surface area contributed by atoms with Gasteiger partial charge in [0.2, 0.25) is 10.0 Å². The zero-order valence-electron chi connectivity index (χ0n) is 18.7. The van der Waals surface area contributed by atoms with Gasteiger partial charge in [-0.1, -0.05) is 18.1 Å². The van der Waals surface area contributed by atoms with Crippen LogP contribution in [0.2, 0.25) is 0 Å². The molecule has 1 aromatic heterocycles. The van der Waals surface area contributed by atoms with Crippen molar-refractivity contribution in [2.75, 3.05) is 36.8 Å². The van der Waals surface area contributed by atoms with Crippen molar-refractivity contribution in [3.8, 4) is 11.8 Å². The number of alkyl halides is 3. The van der Waals surface area contributed by atoms with E-state index in [1.807, 2.05) is 4.90 Å². The molecule has 1 fully saturated rings. The van der Waals surface area contributed by atoms with Crippen LogP contribution in [0.15, 0.2) is 47.5 Å². The first-order chi connectivity index (χ1) is 16.4. The lowest BCUT2D eigenvalue weighted by Gasteiger charge is -2.40. The Bertz CT molecular complexity index is 1210. The monoisotopic (exact) mass is 511 g/mol. The van der Waals surface area contributed by atoms with Gasteiger partial charge in [0.1, 0.15) is 16.8 Å². The third-order valence-corrected chi connectivity index (χ3v) is 7.38. The summed E-state index contributed by atoms with van der Waals surface area (Å²) in [6, 6.07) is 7.80. The predicted molar refractivity (Wildman–Crippen MR) is 123 cm³/mol. The van der Waals surface area contributed by atoms with Crippen LogP contribution in [0.25, 0.3) is 0 Å². The van der Waals surface area contributed by atoms with E-state index in [9.17, 15) is 26.4 Å². The Hall–Kier alpha value is -3.50. The molecule has 0 spiro atoms. The number of nitrogens with zero attached hydrogens (tertiary/aromatic N) is 3. The number of rotatable bonds is 6. The van der Waals surface area contributed by atoms with Crippen molar-refractivity contribution in [2.24, 2.45) is 0 Å². The summed E-state index contributed by atoms with van der Waals surface area (Å²) < 4.78 is 67.7. The average molecular weight is 512 g/mol. The molecule has 9 nitrogen and oxygen atoms in total. The Balaban J connectivity index is 1.81. The molecule has 2 atom stereocenters. The smallest absolute Gasteiger partial charge is 0.404 e. The quantitative estimate of drug-likeness (QED) is 0.508. The summed E-state index contributed by atoms with van der Waals surface area (Å²) in [5, 5.41) is 10.5. The SMILES string of the molecule is CC#CC1CN(S(=O)(=O)c2ccc(N)nc2)CCN1c1ccc(C(CNC(=O)O)C(F)(F)F)cc1. The maximum atomic E-state index is 13.5. The minimum atomic E-state index is -4.64. The number of carbonyl (C=O) groups is 1. The molecule has 2 aromatic rings. The highest BCUT2D eigenvalue weighted by molar-refractivity contribution is 7.89. The van der Waals surface area contributed by atoms with E-state index in [4.69, 9.17) is 10.8 Å². The van der Waals surface area contributed by atoms with Crippen LogP contribution in [0, 0.1) is 11.8 Å². The molecular weight excluding hydrogens is 487 g/mol. The summed E-state index contributed by atoms with van der Waals surface area (Å²) in [5.74, 6) is 3.94. The average Bonchev–Trinajstić information content (AvgIpc) is 2.79. The number of nitrogens with two attached hydrogens (primary N) is 1. The predicted octanol–water partition coefficient (Wildman–Crippen LogP) is 2.48. The Kier molecular flexibility index (Phi) is 7.76. The fraction of sp³-hybridized carbons (Fsp3) is 0.364. The molecule has 1 aliphatic rings. The van der Waals surface area contributed by atoms with Crippen molar-refractivity contribution in [1.82, 2.24) is 14.6 Å². The molecule has 1 aromatic carbocycles. The first-order valence-electron chi connectivity index (χ1n) is 10.5. The summed E-state index contributed by atoms with van der Waals surface area (Å²) in [4.78, 5) is 16.3. The number of nitrogen functional groups attached to an aromatic ring is 1. The van der Waals surface area contributed by atoms with E-state index < -0.39 is 40.8 Å². The highest BCUT2D eigenvalue weighted by atomic mass is 32.2. The van der Waals surface area contributed by atoms with Crippen molar-refractivity contribution in [3.63, 3.8) is 0 Å². The van der Waals surface area contributed by atoms with Gasteiger partial charge in [-0.3, -0.25) is 0 Å². The van der Waals surface area contributed by atoms with Crippen LogP contribution in [0.4, 0.5) is 29.5 Å². The van der Waals surface area contributed by atoms with E-state index >= 15 is 0 Å². The summed E-state index contributed by atoms with van der Waals surface area (Å²) in [7, 11) is -3.84. The fourth-order valence-corrected chi connectivity index (χ4v) is 5.16. The van der Waals surface area contributed by atoms with Gasteiger partial charge in [0.15, 0.2) is 0 Å². The first kappa shape index (κ1) is 26.1. The molecule has 3 rings (SSSR count). The standard InChI is InChI=1S/C22H24F3N5O4S/c1-2-3-17-14-29(35(33,34)18-8-9-20(26)27-12-18)10-11-30(17)16-6-4-15(5-7-16)19(22(23,24)25)13-28-21(31)32/h4-9,12,17,19,28H,10-11,13-14H2,1H3,(H2,26,27)(H,31,32). The van der Waals surface area contributed by atoms with Crippen LogP contribution >= 0.6 is 0 Å². The van der Waals surface area contributed by atoms with Gasteiger partial charge in [-0.05, 0) is 36.8 Å². The molecule has 0 aliphatic carbocycles. The van der Waals surface area contributed by atoms with E-state index in [1.165, 1.54) is 46.9 Å². The second-order valence-electron chi connectivity index (χ2n) is 7.76. The molecule has 188 valence electrons. The van der Waals surface area contributed by atoms with E-state index in [0.29, 0.717) is 5.69 Å². The molecule has 0 radical (unpaired) electrons. The number of piperazine rings is 1. The fourth-order valence-electron chi connectivity index (χ4n) is 3.78. The number of anilines is 2. The topological polar surface area (TPSA) is 129 Å². The number of hydrogen-bond donors (Lipinski definition) is 3. The minimum Gasteiger partial charge on any atom is -0.465 e. The van der Waals surface area contributed by atoms with Crippen LogP contribution in [-0.4, -0.2) is 67.3 Å². The number of amides is 1. The van der Waals surface area contributed by atoms with Crippen LogP contribution in [0.1, 0.15) is 18.4 Å². The Morgan fingerprint density at radius 3 is 2.49 bits per heavy atom. The number of hydrogen-bond acceptors (Lipinski definition) is 6. The van der Waals surface area contributed by atoms with Crippen LogP contribution in [0.5, 0.6) is 0 Å². The van der Waals surface area contributed by atoms with Crippen LogP contribution < -0.4 is 16.0 Å². The lowest BCUT2D eigenvalue weighted by atomic mass is 9.97. The molecule has 1 saturated heterocycles. The van der Waals surface area contributed by atoms with E-state index in [-0.39, 0.29) is 35.9 Å². The minimum absolute atomic E-state index is 0.000809. The normalized spacial score (nSPS) is 17.8. The van der Waals surface area contributed by atoms with Crippen molar-refractivity contribution in [1.29, 1.82) is 0 Å². The Morgan fingerprint density at radius 2 is 1.94 bits per heavy atom. The lowest BCUT2D eigenvalue weighted by molar-refractivity contribution is -0.149. The van der Waals surface area contributed by atoms with E-state index in [1.54, 1.807) is 12.2 Å². The third-order valence-electron chi connectivity index (χ3n) is 5.53. The summed E-state index contributed by atoms with van der Waals surface area (Å²) in [6.07, 6.45) is -5.00. The highest BCUT2D eigenvalue weighted by Gasteiger charge is 2.41. The van der Waals surface area contributed by atoms with Gasteiger partial charge in [0, 0.05) is 38.1 Å². The molecule has 35 heavy (non-hydrogen) atoms. The largest absolute Gasteiger partial charge is 0.465 e. The maximum Gasteiger partial charge on any atom is 0.404 e. The van der Waals surface area contributed by atoms with Crippen LogP contribution in [-0.2, 0) is 10.0 Å². The molecule has 1 amide bonds. The summed E-state index contributed by atoms with van der Waals surface area (Å²) in [5.41, 5.74) is 6.02. The lowest BCUT2D eigenvalue weighted by Crippen LogP contribution is -2.54. The second kappa shape index (κ2) is 10.4. The zero-order chi connectivity index (χ0) is 25.8. The van der Waals surface area contributed by atoms with Crippen molar-refractivity contribution in [2.45, 2.75) is 30.0 Å². The zero-order valence-corrected chi connectivity index (χ0v) is 19.5. The summed E-state index contributed by atoms with van der Waals surface area (Å²) in [6.45, 7) is 1.23. The number of sulfonamides is 1. The molecular formula is C22H24F3N5O4S. The van der Waals surface area contributed by atoms with Gasteiger partial charge in [0.05, 0.1) is 5.92 Å². The van der Waals surface area contributed by atoms with Crippen molar-refractivity contribution < 1.29 is 31.5 Å². The Labute approximate surface area is 200 Å². The molecule has 4 N–H and O–H groups in total. The van der Waals surface area contributed by atoms with Gasteiger partial charge in [-0.2, -0.15) is 17.5 Å². The molecule has 1 aliphatic heterocycles. The Morgan fingerprint density at radius 1 is 1.26 bits per heavy atom. The number of nitrogens with one attached hydrogen (secondary N) is 1.